The highest BCUT2D eigenvalue weighted by atomic mass is 32.1. The van der Waals surface area contributed by atoms with Gasteiger partial charge in [-0.25, -0.2) is 9.98 Å². The Bertz CT molecular complexity index is 592. The highest BCUT2D eigenvalue weighted by Gasteiger charge is 2.07. The molecule has 0 saturated carbocycles. The molecule has 0 amide bonds. The van der Waals surface area contributed by atoms with Crippen molar-refractivity contribution in [2.24, 2.45) is 4.99 Å². The third-order valence-electron chi connectivity index (χ3n) is 3.27. The third-order valence-corrected chi connectivity index (χ3v) is 4.40. The smallest absolute Gasteiger partial charge is 0.194 e. The number of benzene rings is 1. The van der Waals surface area contributed by atoms with Gasteiger partial charge in [0.2, 0.25) is 0 Å². The Morgan fingerprint density at radius 1 is 1.27 bits per heavy atom. The Labute approximate surface area is 136 Å². The van der Waals surface area contributed by atoms with Gasteiger partial charge in [0.15, 0.2) is 5.96 Å². The normalized spacial score (nSPS) is 11.5. The van der Waals surface area contributed by atoms with Crippen LogP contribution in [-0.4, -0.2) is 29.4 Å². The molecular weight excluding hydrogens is 292 g/mol. The SMILES string of the molecule is CCNC(=NCc1ncc(CC)s1)N(C)Cc1ccccc1. The minimum atomic E-state index is 0.631. The quantitative estimate of drug-likeness (QED) is 0.656. The number of nitrogens with zero attached hydrogens (tertiary/aromatic N) is 3. The van der Waals surface area contributed by atoms with E-state index in [2.05, 4.69) is 60.4 Å². The predicted molar refractivity (Wildman–Crippen MR) is 94.2 cm³/mol. The summed E-state index contributed by atoms with van der Waals surface area (Å²) in [7, 11) is 2.06. The molecule has 0 radical (unpaired) electrons. The molecule has 0 saturated heterocycles. The molecule has 0 bridgehead atoms. The maximum atomic E-state index is 4.71. The highest BCUT2D eigenvalue weighted by molar-refractivity contribution is 7.11. The van der Waals surface area contributed by atoms with E-state index in [0.29, 0.717) is 6.54 Å². The molecule has 5 heteroatoms. The average Bonchev–Trinajstić information content (AvgIpc) is 3.00. The van der Waals surface area contributed by atoms with E-state index < -0.39 is 0 Å². The minimum Gasteiger partial charge on any atom is -0.357 e. The lowest BCUT2D eigenvalue weighted by molar-refractivity contribution is 0.477. The molecule has 1 N–H and O–H groups in total. The minimum absolute atomic E-state index is 0.631. The first-order valence-corrected chi connectivity index (χ1v) is 8.51. The van der Waals surface area contributed by atoms with Crippen molar-refractivity contribution >= 4 is 17.3 Å². The zero-order chi connectivity index (χ0) is 15.8. The van der Waals surface area contributed by atoms with Crippen LogP contribution in [-0.2, 0) is 19.5 Å². The fraction of sp³-hybridized carbons (Fsp3) is 0.412. The molecule has 0 fully saturated rings. The van der Waals surface area contributed by atoms with Gasteiger partial charge < -0.3 is 10.2 Å². The molecule has 1 aromatic carbocycles. The number of nitrogens with one attached hydrogen (secondary N) is 1. The molecule has 0 unspecified atom stereocenters. The van der Waals surface area contributed by atoms with Gasteiger partial charge in [0.05, 0.1) is 6.54 Å². The largest absolute Gasteiger partial charge is 0.357 e. The fourth-order valence-corrected chi connectivity index (χ4v) is 2.92. The summed E-state index contributed by atoms with van der Waals surface area (Å²) in [6, 6.07) is 10.4. The number of thiazole rings is 1. The van der Waals surface area contributed by atoms with Gasteiger partial charge in [-0.1, -0.05) is 37.3 Å². The van der Waals surface area contributed by atoms with Crippen LogP contribution in [0.4, 0.5) is 0 Å². The van der Waals surface area contributed by atoms with E-state index in [1.54, 1.807) is 11.3 Å². The van der Waals surface area contributed by atoms with Crippen molar-refractivity contribution in [3.63, 3.8) is 0 Å². The molecule has 2 rings (SSSR count). The van der Waals surface area contributed by atoms with Crippen LogP contribution < -0.4 is 5.32 Å². The molecule has 0 aliphatic rings. The second-order valence-corrected chi connectivity index (χ2v) is 6.29. The van der Waals surface area contributed by atoms with Crippen LogP contribution in [0.25, 0.3) is 0 Å². The summed E-state index contributed by atoms with van der Waals surface area (Å²) in [6.07, 6.45) is 2.99. The second-order valence-electron chi connectivity index (χ2n) is 5.09. The molecule has 22 heavy (non-hydrogen) atoms. The van der Waals surface area contributed by atoms with Crippen molar-refractivity contribution in [3.05, 3.63) is 52.0 Å². The number of aliphatic imine (C=N–C) groups is 1. The van der Waals surface area contributed by atoms with Gasteiger partial charge in [-0.3, -0.25) is 0 Å². The summed E-state index contributed by atoms with van der Waals surface area (Å²) in [5, 5.41) is 4.42. The van der Waals surface area contributed by atoms with E-state index in [-0.39, 0.29) is 0 Å². The average molecular weight is 316 g/mol. The molecule has 4 nitrogen and oxygen atoms in total. The summed E-state index contributed by atoms with van der Waals surface area (Å²) in [4.78, 5) is 12.6. The van der Waals surface area contributed by atoms with Gasteiger partial charge in [0, 0.05) is 31.2 Å². The first-order chi connectivity index (χ1) is 10.7. The Morgan fingerprint density at radius 2 is 2.05 bits per heavy atom. The molecular formula is C17H24N4S. The van der Waals surface area contributed by atoms with Gasteiger partial charge in [-0.15, -0.1) is 11.3 Å². The molecule has 0 atom stereocenters. The lowest BCUT2D eigenvalue weighted by Gasteiger charge is -2.22. The fourth-order valence-electron chi connectivity index (χ4n) is 2.13. The van der Waals surface area contributed by atoms with Crippen molar-refractivity contribution < 1.29 is 0 Å². The third kappa shape index (κ3) is 4.84. The summed E-state index contributed by atoms with van der Waals surface area (Å²) < 4.78 is 0. The second kappa shape index (κ2) is 8.54. The van der Waals surface area contributed by atoms with E-state index in [0.717, 1.165) is 30.5 Å². The number of hydrogen-bond donors (Lipinski definition) is 1. The molecule has 0 aliphatic carbocycles. The van der Waals surface area contributed by atoms with Crippen molar-refractivity contribution in [1.29, 1.82) is 0 Å². The summed E-state index contributed by atoms with van der Waals surface area (Å²) in [5.41, 5.74) is 1.28. The van der Waals surface area contributed by atoms with E-state index in [1.165, 1.54) is 10.4 Å². The van der Waals surface area contributed by atoms with E-state index in [1.807, 2.05) is 12.3 Å². The van der Waals surface area contributed by atoms with E-state index in [9.17, 15) is 0 Å². The van der Waals surface area contributed by atoms with Crippen LogP contribution in [0.2, 0.25) is 0 Å². The van der Waals surface area contributed by atoms with Crippen molar-refractivity contribution in [1.82, 2.24) is 15.2 Å². The number of aryl methyl sites for hydroxylation is 1. The number of guanidine groups is 1. The molecule has 1 heterocycles. The molecule has 118 valence electrons. The lowest BCUT2D eigenvalue weighted by Crippen LogP contribution is -2.38. The Balaban J connectivity index is 2.02. The topological polar surface area (TPSA) is 40.5 Å². The van der Waals surface area contributed by atoms with E-state index in [4.69, 9.17) is 4.99 Å². The van der Waals surface area contributed by atoms with Crippen LogP contribution in [0.5, 0.6) is 0 Å². The maximum absolute atomic E-state index is 4.71. The van der Waals surface area contributed by atoms with Crippen molar-refractivity contribution in [2.45, 2.75) is 33.4 Å². The van der Waals surface area contributed by atoms with Crippen LogP contribution >= 0.6 is 11.3 Å². The van der Waals surface area contributed by atoms with Gasteiger partial charge in [-0.2, -0.15) is 0 Å². The Hall–Kier alpha value is -1.88. The predicted octanol–water partition coefficient (Wildman–Crippen LogP) is 3.30. The molecule has 2 aromatic rings. The first kappa shape index (κ1) is 16.5. The lowest BCUT2D eigenvalue weighted by atomic mass is 10.2. The summed E-state index contributed by atoms with van der Waals surface area (Å²) in [5.74, 6) is 0.916. The van der Waals surface area contributed by atoms with Gasteiger partial charge in [-0.05, 0) is 18.9 Å². The number of rotatable bonds is 6. The van der Waals surface area contributed by atoms with E-state index >= 15 is 0 Å². The first-order valence-electron chi connectivity index (χ1n) is 7.69. The molecule has 0 spiro atoms. The maximum Gasteiger partial charge on any atom is 0.194 e. The molecule has 0 aliphatic heterocycles. The monoisotopic (exact) mass is 316 g/mol. The van der Waals surface area contributed by atoms with Gasteiger partial charge >= 0.3 is 0 Å². The number of hydrogen-bond acceptors (Lipinski definition) is 3. The Morgan fingerprint density at radius 3 is 2.68 bits per heavy atom. The zero-order valence-electron chi connectivity index (χ0n) is 13.5. The van der Waals surface area contributed by atoms with Gasteiger partial charge in [0.1, 0.15) is 5.01 Å². The van der Waals surface area contributed by atoms with Crippen LogP contribution in [0.1, 0.15) is 29.3 Å². The zero-order valence-corrected chi connectivity index (χ0v) is 14.4. The van der Waals surface area contributed by atoms with Crippen LogP contribution in [0.15, 0.2) is 41.5 Å². The summed E-state index contributed by atoms with van der Waals surface area (Å²) >= 11 is 1.74. The number of aromatic nitrogens is 1. The molecule has 1 aromatic heterocycles. The van der Waals surface area contributed by atoms with Crippen LogP contribution in [0, 0.1) is 0 Å². The van der Waals surface area contributed by atoms with Crippen LogP contribution in [0.3, 0.4) is 0 Å². The standard InChI is InChI=1S/C17H24N4S/c1-4-15-11-19-16(22-15)12-20-17(18-5-2)21(3)13-14-9-7-6-8-10-14/h6-11H,4-5,12-13H2,1-3H3,(H,18,20). The van der Waals surface area contributed by atoms with Crippen molar-refractivity contribution in [2.75, 3.05) is 13.6 Å². The summed E-state index contributed by atoms with van der Waals surface area (Å²) in [6.45, 7) is 6.57. The van der Waals surface area contributed by atoms with Gasteiger partial charge in [0.25, 0.3) is 0 Å². The Kier molecular flexibility index (Phi) is 6.40. The van der Waals surface area contributed by atoms with Crippen molar-refractivity contribution in [3.8, 4) is 0 Å². The highest BCUT2D eigenvalue weighted by Crippen LogP contribution is 2.14.